The molecule has 0 aliphatic rings. The van der Waals surface area contributed by atoms with E-state index >= 15 is 0 Å². The first-order valence-corrected chi connectivity index (χ1v) is 6.56. The zero-order valence-electron chi connectivity index (χ0n) is 11.3. The molecule has 4 nitrogen and oxygen atoms in total. The van der Waals surface area contributed by atoms with E-state index in [9.17, 15) is 4.79 Å². The van der Waals surface area contributed by atoms with Crippen LogP contribution >= 0.6 is 0 Å². The number of aliphatic hydroxyl groups is 1. The number of hydrogen-bond donors (Lipinski definition) is 2. The average Bonchev–Trinajstić information content (AvgIpc) is 2.44. The number of carbonyl (C=O) groups is 1. The van der Waals surface area contributed by atoms with Crippen LogP contribution in [0.2, 0.25) is 0 Å². The van der Waals surface area contributed by atoms with Crippen LogP contribution in [0, 0.1) is 0 Å². The lowest BCUT2D eigenvalue weighted by molar-refractivity contribution is -0.116. The molecule has 0 saturated heterocycles. The van der Waals surface area contributed by atoms with Crippen LogP contribution in [0.4, 0.5) is 0 Å². The number of ether oxygens (including phenoxy) is 1. The van der Waals surface area contributed by atoms with Crippen LogP contribution in [0.5, 0.6) is 5.75 Å². The molecule has 1 aromatic carbocycles. The van der Waals surface area contributed by atoms with Gasteiger partial charge in [0, 0.05) is 12.6 Å². The van der Waals surface area contributed by atoms with Gasteiger partial charge in [-0.1, -0.05) is 25.5 Å². The number of benzene rings is 1. The zero-order chi connectivity index (χ0) is 13.9. The Morgan fingerprint density at radius 3 is 2.74 bits per heavy atom. The van der Waals surface area contributed by atoms with E-state index in [1.807, 2.05) is 24.3 Å². The third-order valence-corrected chi connectivity index (χ3v) is 2.48. The van der Waals surface area contributed by atoms with Crippen molar-refractivity contribution in [3.8, 4) is 5.75 Å². The summed E-state index contributed by atoms with van der Waals surface area (Å²) < 4.78 is 5.55. The summed E-state index contributed by atoms with van der Waals surface area (Å²) in [5.74, 6) is 0.632. The second-order valence-corrected chi connectivity index (χ2v) is 4.12. The number of aliphatic hydroxyl groups excluding tert-OH is 1. The maximum atomic E-state index is 11.3. The van der Waals surface area contributed by atoms with Crippen LogP contribution in [-0.4, -0.2) is 30.8 Å². The molecular formula is C15H21NO3. The fourth-order valence-electron chi connectivity index (χ4n) is 1.42. The maximum Gasteiger partial charge on any atom is 0.244 e. The third kappa shape index (κ3) is 6.62. The lowest BCUT2D eigenvalue weighted by atomic mass is 10.2. The third-order valence-electron chi connectivity index (χ3n) is 2.48. The van der Waals surface area contributed by atoms with Gasteiger partial charge in [0.1, 0.15) is 5.75 Å². The highest BCUT2D eigenvalue weighted by Gasteiger charge is 1.95. The van der Waals surface area contributed by atoms with E-state index in [1.54, 1.807) is 6.08 Å². The summed E-state index contributed by atoms with van der Waals surface area (Å²) in [6.07, 6.45) is 5.33. The highest BCUT2D eigenvalue weighted by atomic mass is 16.5. The highest BCUT2D eigenvalue weighted by molar-refractivity contribution is 5.91. The van der Waals surface area contributed by atoms with Crippen molar-refractivity contribution in [1.29, 1.82) is 0 Å². The number of nitrogens with one attached hydrogen (secondary N) is 1. The first-order chi connectivity index (χ1) is 9.26. The van der Waals surface area contributed by atoms with Gasteiger partial charge in [0.05, 0.1) is 13.2 Å². The number of hydrogen-bond acceptors (Lipinski definition) is 3. The Balaban J connectivity index is 2.43. The van der Waals surface area contributed by atoms with Crippen molar-refractivity contribution in [3.63, 3.8) is 0 Å². The number of carbonyl (C=O) groups excluding carboxylic acids is 1. The monoisotopic (exact) mass is 263 g/mol. The van der Waals surface area contributed by atoms with E-state index in [0.29, 0.717) is 0 Å². The fraction of sp³-hybridized carbons (Fsp3) is 0.400. The van der Waals surface area contributed by atoms with E-state index < -0.39 is 0 Å². The summed E-state index contributed by atoms with van der Waals surface area (Å²) in [6, 6.07) is 7.58. The zero-order valence-corrected chi connectivity index (χ0v) is 11.3. The van der Waals surface area contributed by atoms with Crippen LogP contribution < -0.4 is 10.1 Å². The molecule has 0 aliphatic carbocycles. The minimum absolute atomic E-state index is 0.0522. The van der Waals surface area contributed by atoms with E-state index in [4.69, 9.17) is 9.84 Å². The topological polar surface area (TPSA) is 58.6 Å². The van der Waals surface area contributed by atoms with Gasteiger partial charge in [-0.3, -0.25) is 4.79 Å². The van der Waals surface area contributed by atoms with Crippen molar-refractivity contribution in [2.75, 3.05) is 19.8 Å². The Morgan fingerprint density at radius 1 is 1.37 bits per heavy atom. The summed E-state index contributed by atoms with van der Waals surface area (Å²) >= 11 is 0. The Bertz CT molecular complexity index is 398. The second-order valence-electron chi connectivity index (χ2n) is 4.12. The largest absolute Gasteiger partial charge is 0.494 e. The van der Waals surface area contributed by atoms with Gasteiger partial charge in [-0.25, -0.2) is 0 Å². The molecule has 0 fully saturated rings. The smallest absolute Gasteiger partial charge is 0.244 e. The van der Waals surface area contributed by atoms with Crippen molar-refractivity contribution in [1.82, 2.24) is 5.32 Å². The molecule has 4 heteroatoms. The summed E-state index contributed by atoms with van der Waals surface area (Å²) in [4.78, 5) is 11.3. The van der Waals surface area contributed by atoms with Crippen molar-refractivity contribution >= 4 is 12.0 Å². The molecule has 0 saturated carbocycles. The van der Waals surface area contributed by atoms with Crippen molar-refractivity contribution in [3.05, 3.63) is 35.9 Å². The molecule has 0 aliphatic heterocycles. The molecule has 0 radical (unpaired) electrons. The van der Waals surface area contributed by atoms with Gasteiger partial charge in [0.15, 0.2) is 0 Å². The van der Waals surface area contributed by atoms with E-state index in [2.05, 4.69) is 12.2 Å². The van der Waals surface area contributed by atoms with Gasteiger partial charge in [-0.2, -0.15) is 0 Å². The predicted octanol–water partition coefficient (Wildman–Crippen LogP) is 1.99. The van der Waals surface area contributed by atoms with Crippen LogP contribution in [0.25, 0.3) is 6.08 Å². The van der Waals surface area contributed by atoms with E-state index in [1.165, 1.54) is 6.08 Å². The van der Waals surface area contributed by atoms with Gasteiger partial charge < -0.3 is 15.2 Å². The minimum atomic E-state index is -0.211. The Morgan fingerprint density at radius 2 is 2.11 bits per heavy atom. The number of amides is 1. The first-order valence-electron chi connectivity index (χ1n) is 6.56. The lowest BCUT2D eigenvalue weighted by Crippen LogP contribution is -2.24. The Kier molecular flexibility index (Phi) is 7.35. The van der Waals surface area contributed by atoms with Crippen LogP contribution in [0.1, 0.15) is 25.3 Å². The minimum Gasteiger partial charge on any atom is -0.494 e. The van der Waals surface area contributed by atoms with Crippen molar-refractivity contribution < 1.29 is 14.6 Å². The second kappa shape index (κ2) is 9.16. The first kappa shape index (κ1) is 15.2. The molecular weight excluding hydrogens is 242 g/mol. The number of unbranched alkanes of at least 4 members (excludes halogenated alkanes) is 1. The molecule has 1 rings (SSSR count). The summed E-state index contributed by atoms with van der Waals surface area (Å²) in [5, 5.41) is 11.1. The molecule has 0 spiro atoms. The van der Waals surface area contributed by atoms with Gasteiger partial charge in [0.2, 0.25) is 5.91 Å². The molecule has 0 atom stereocenters. The SMILES string of the molecule is CCCCOc1ccc(/C=C/C(=O)NCCO)cc1. The van der Waals surface area contributed by atoms with Gasteiger partial charge >= 0.3 is 0 Å². The molecule has 0 aromatic heterocycles. The standard InChI is InChI=1S/C15H21NO3/c1-2-3-12-19-14-7-4-13(5-8-14)6-9-15(18)16-10-11-17/h4-9,17H,2-3,10-12H2,1H3,(H,16,18)/b9-6+. The molecule has 0 heterocycles. The molecule has 0 bridgehead atoms. The lowest BCUT2D eigenvalue weighted by Gasteiger charge is -2.05. The van der Waals surface area contributed by atoms with Gasteiger partial charge in [0.25, 0.3) is 0 Å². The average molecular weight is 263 g/mol. The highest BCUT2D eigenvalue weighted by Crippen LogP contribution is 2.13. The molecule has 19 heavy (non-hydrogen) atoms. The van der Waals surface area contributed by atoms with Crippen molar-refractivity contribution in [2.45, 2.75) is 19.8 Å². The summed E-state index contributed by atoms with van der Waals surface area (Å²) in [5.41, 5.74) is 0.932. The van der Waals surface area contributed by atoms with Crippen molar-refractivity contribution in [2.24, 2.45) is 0 Å². The number of rotatable bonds is 8. The predicted molar refractivity (Wildman–Crippen MR) is 76.0 cm³/mol. The Hall–Kier alpha value is -1.81. The molecule has 2 N–H and O–H groups in total. The summed E-state index contributed by atoms with van der Waals surface area (Å²) in [6.45, 7) is 3.07. The van der Waals surface area contributed by atoms with Gasteiger partial charge in [-0.05, 0) is 30.2 Å². The molecule has 0 unspecified atom stereocenters. The normalized spacial score (nSPS) is 10.6. The molecule has 1 amide bonds. The van der Waals surface area contributed by atoms with Crippen LogP contribution in [0.3, 0.4) is 0 Å². The summed E-state index contributed by atoms with van der Waals surface area (Å²) in [7, 11) is 0. The van der Waals surface area contributed by atoms with Crippen LogP contribution in [-0.2, 0) is 4.79 Å². The molecule has 104 valence electrons. The quantitative estimate of drug-likeness (QED) is 0.557. The Labute approximate surface area is 114 Å². The van der Waals surface area contributed by atoms with Crippen LogP contribution in [0.15, 0.2) is 30.3 Å². The molecule has 1 aromatic rings. The fourth-order valence-corrected chi connectivity index (χ4v) is 1.42. The maximum absolute atomic E-state index is 11.3. The van der Waals surface area contributed by atoms with E-state index in [0.717, 1.165) is 30.8 Å². The van der Waals surface area contributed by atoms with E-state index in [-0.39, 0.29) is 19.1 Å². The van der Waals surface area contributed by atoms with Gasteiger partial charge in [-0.15, -0.1) is 0 Å².